The highest BCUT2D eigenvalue weighted by Gasteiger charge is 2.44. The third-order valence-electron chi connectivity index (χ3n) is 5.66. The van der Waals surface area contributed by atoms with Crippen molar-refractivity contribution in [1.29, 1.82) is 0 Å². The fourth-order valence-corrected chi connectivity index (χ4v) is 5.43. The molecule has 126 valence electrons. The van der Waals surface area contributed by atoms with E-state index < -0.39 is 10.0 Å². The molecule has 4 fully saturated rings. The molecule has 0 aromatic carbocycles. The summed E-state index contributed by atoms with van der Waals surface area (Å²) in [7, 11) is -3.08. The number of nitrogens with one attached hydrogen (secondary N) is 1. The van der Waals surface area contributed by atoms with E-state index in [1.807, 2.05) is 0 Å². The molecule has 0 aromatic rings. The predicted octanol–water partition coefficient (Wildman–Crippen LogP) is 1.49. The van der Waals surface area contributed by atoms with Gasteiger partial charge in [0.15, 0.2) is 0 Å². The number of sulfonamides is 1. The minimum atomic E-state index is -3.08. The van der Waals surface area contributed by atoms with Crippen LogP contribution in [-0.2, 0) is 14.8 Å². The van der Waals surface area contributed by atoms with Crippen LogP contribution in [0.3, 0.4) is 0 Å². The molecule has 0 amide bonds. The third-order valence-corrected chi connectivity index (χ3v) is 7.58. The van der Waals surface area contributed by atoms with Gasteiger partial charge in [0.05, 0.1) is 17.0 Å². The van der Waals surface area contributed by atoms with Crippen LogP contribution in [0.25, 0.3) is 0 Å². The quantitative estimate of drug-likeness (QED) is 0.803. The Morgan fingerprint density at radius 2 is 1.95 bits per heavy atom. The highest BCUT2D eigenvalue weighted by atomic mass is 32.2. The first kappa shape index (κ1) is 15.4. The second-order valence-corrected chi connectivity index (χ2v) is 9.88. The standard InChI is InChI=1S/C16H28N2O3S/c19-22(20,15-5-6-15)17-10-14-2-1-7-16(21-14)8-9-18(12-16)11-13-3-4-13/h13-15,17H,1-12H2/t14-,16-/m1/s1. The van der Waals surface area contributed by atoms with Gasteiger partial charge in [-0.05, 0) is 57.3 Å². The van der Waals surface area contributed by atoms with Crippen molar-refractivity contribution in [2.24, 2.45) is 5.92 Å². The molecule has 2 aliphatic heterocycles. The average molecular weight is 328 g/mol. The fraction of sp³-hybridized carbons (Fsp3) is 1.00. The highest BCUT2D eigenvalue weighted by molar-refractivity contribution is 7.90. The van der Waals surface area contributed by atoms with Crippen molar-refractivity contribution in [3.63, 3.8) is 0 Å². The van der Waals surface area contributed by atoms with Crippen molar-refractivity contribution >= 4 is 10.0 Å². The van der Waals surface area contributed by atoms with Crippen molar-refractivity contribution in [2.45, 2.75) is 68.3 Å². The molecule has 4 rings (SSSR count). The summed E-state index contributed by atoms with van der Waals surface area (Å²) in [4.78, 5) is 2.56. The molecule has 22 heavy (non-hydrogen) atoms. The summed E-state index contributed by atoms with van der Waals surface area (Å²) < 4.78 is 33.1. The Labute approximate surface area is 133 Å². The molecule has 6 heteroatoms. The molecule has 2 atom stereocenters. The van der Waals surface area contributed by atoms with Crippen LogP contribution in [0.4, 0.5) is 0 Å². The van der Waals surface area contributed by atoms with Crippen LogP contribution >= 0.6 is 0 Å². The lowest BCUT2D eigenvalue weighted by atomic mass is 9.90. The summed E-state index contributed by atoms with van der Waals surface area (Å²) in [5, 5.41) is -0.134. The van der Waals surface area contributed by atoms with E-state index in [0.29, 0.717) is 6.54 Å². The number of hydrogen-bond donors (Lipinski definition) is 1. The van der Waals surface area contributed by atoms with Gasteiger partial charge in [-0.15, -0.1) is 0 Å². The van der Waals surface area contributed by atoms with Crippen LogP contribution in [-0.4, -0.2) is 56.5 Å². The fourth-order valence-electron chi connectivity index (χ4n) is 4.02. The number of likely N-dealkylation sites (tertiary alicyclic amines) is 1. The number of ether oxygens (including phenoxy) is 1. The Hall–Kier alpha value is -0.170. The van der Waals surface area contributed by atoms with Crippen LogP contribution in [0.2, 0.25) is 0 Å². The van der Waals surface area contributed by atoms with Crippen LogP contribution in [0, 0.1) is 5.92 Å². The Morgan fingerprint density at radius 3 is 2.68 bits per heavy atom. The number of rotatable bonds is 6. The zero-order valence-electron chi connectivity index (χ0n) is 13.3. The molecule has 4 aliphatic rings. The van der Waals surface area contributed by atoms with Crippen LogP contribution in [0.5, 0.6) is 0 Å². The molecular weight excluding hydrogens is 300 g/mol. The summed E-state index contributed by atoms with van der Waals surface area (Å²) in [6.07, 6.45) is 8.90. The van der Waals surface area contributed by atoms with E-state index in [-0.39, 0.29) is 17.0 Å². The Bertz CT molecular complexity index is 515. The van der Waals surface area contributed by atoms with Crippen LogP contribution < -0.4 is 4.72 Å². The van der Waals surface area contributed by atoms with Crippen molar-refractivity contribution in [3.05, 3.63) is 0 Å². The average Bonchev–Trinajstić information content (AvgIpc) is 3.37. The van der Waals surface area contributed by atoms with Gasteiger partial charge in [-0.1, -0.05) is 0 Å². The van der Waals surface area contributed by atoms with E-state index in [0.717, 1.165) is 57.5 Å². The molecule has 0 unspecified atom stereocenters. The van der Waals surface area contributed by atoms with Gasteiger partial charge < -0.3 is 9.64 Å². The lowest BCUT2D eigenvalue weighted by Gasteiger charge is -2.39. The maximum atomic E-state index is 12.0. The molecule has 1 spiro atoms. The van der Waals surface area contributed by atoms with Gasteiger partial charge in [0.25, 0.3) is 0 Å². The van der Waals surface area contributed by atoms with E-state index in [9.17, 15) is 8.42 Å². The molecule has 2 saturated heterocycles. The second-order valence-electron chi connectivity index (χ2n) is 7.84. The smallest absolute Gasteiger partial charge is 0.214 e. The summed E-state index contributed by atoms with van der Waals surface area (Å²) in [6, 6.07) is 0. The molecule has 1 N–H and O–H groups in total. The Morgan fingerprint density at radius 1 is 1.14 bits per heavy atom. The second kappa shape index (κ2) is 5.72. The third kappa shape index (κ3) is 3.50. The SMILES string of the molecule is O=S(=O)(NC[C@H]1CCC[C@]2(CCN(CC3CC3)C2)O1)C1CC1. The summed E-state index contributed by atoms with van der Waals surface area (Å²) in [5.41, 5.74) is 0.00281. The van der Waals surface area contributed by atoms with Gasteiger partial charge in [0.1, 0.15) is 0 Å². The Kier molecular flexibility index (Phi) is 4.00. The zero-order valence-corrected chi connectivity index (χ0v) is 14.1. The zero-order chi connectivity index (χ0) is 15.2. The van der Waals surface area contributed by atoms with Crippen molar-refractivity contribution in [2.75, 3.05) is 26.2 Å². The highest BCUT2D eigenvalue weighted by Crippen LogP contribution is 2.39. The van der Waals surface area contributed by atoms with E-state index in [4.69, 9.17) is 4.74 Å². The largest absolute Gasteiger partial charge is 0.369 e. The lowest BCUT2D eigenvalue weighted by molar-refractivity contribution is -0.117. The van der Waals surface area contributed by atoms with Gasteiger partial charge in [-0.2, -0.15) is 0 Å². The van der Waals surface area contributed by atoms with Gasteiger partial charge >= 0.3 is 0 Å². The van der Waals surface area contributed by atoms with E-state index in [2.05, 4.69) is 9.62 Å². The first-order valence-electron chi connectivity index (χ1n) is 8.93. The maximum Gasteiger partial charge on any atom is 0.214 e. The molecule has 0 radical (unpaired) electrons. The molecule has 2 heterocycles. The summed E-state index contributed by atoms with van der Waals surface area (Å²) in [5.74, 6) is 0.930. The molecule has 0 bridgehead atoms. The molecule has 2 aliphatic carbocycles. The van der Waals surface area contributed by atoms with Gasteiger partial charge in [0.2, 0.25) is 10.0 Å². The number of nitrogens with zero attached hydrogens (tertiary/aromatic N) is 1. The maximum absolute atomic E-state index is 12.0. The molecule has 2 saturated carbocycles. The lowest BCUT2D eigenvalue weighted by Crippen LogP contribution is -2.47. The van der Waals surface area contributed by atoms with Gasteiger partial charge in [0, 0.05) is 26.2 Å². The van der Waals surface area contributed by atoms with E-state index in [1.165, 1.54) is 19.4 Å². The van der Waals surface area contributed by atoms with Crippen molar-refractivity contribution in [1.82, 2.24) is 9.62 Å². The monoisotopic (exact) mass is 328 g/mol. The van der Waals surface area contributed by atoms with Crippen molar-refractivity contribution < 1.29 is 13.2 Å². The summed E-state index contributed by atoms with van der Waals surface area (Å²) in [6.45, 7) is 3.90. The molecular formula is C16H28N2O3S. The summed E-state index contributed by atoms with van der Waals surface area (Å²) >= 11 is 0. The Balaban J connectivity index is 1.29. The topological polar surface area (TPSA) is 58.6 Å². The minimum Gasteiger partial charge on any atom is -0.369 e. The molecule has 5 nitrogen and oxygen atoms in total. The van der Waals surface area contributed by atoms with Gasteiger partial charge in [-0.25, -0.2) is 13.1 Å². The van der Waals surface area contributed by atoms with E-state index >= 15 is 0 Å². The first-order chi connectivity index (χ1) is 10.5. The predicted molar refractivity (Wildman–Crippen MR) is 85.2 cm³/mol. The van der Waals surface area contributed by atoms with Crippen LogP contribution in [0.1, 0.15) is 51.4 Å². The normalized spacial score (nSPS) is 37.0. The van der Waals surface area contributed by atoms with Crippen LogP contribution in [0.15, 0.2) is 0 Å². The van der Waals surface area contributed by atoms with Crippen molar-refractivity contribution in [3.8, 4) is 0 Å². The minimum absolute atomic E-state index is 0.00281. The number of hydrogen-bond acceptors (Lipinski definition) is 4. The van der Waals surface area contributed by atoms with E-state index in [1.54, 1.807) is 0 Å². The first-order valence-corrected chi connectivity index (χ1v) is 10.5. The van der Waals surface area contributed by atoms with Gasteiger partial charge in [-0.3, -0.25) is 0 Å². The molecule has 0 aromatic heterocycles.